The molecule has 0 spiro atoms. The van der Waals surface area contributed by atoms with Gasteiger partial charge in [-0.25, -0.2) is 8.78 Å². The Morgan fingerprint density at radius 3 is 2.20 bits per heavy atom. The molecule has 0 amide bonds. The number of rotatable bonds is 7. The Labute approximate surface area is 113 Å². The maximum atomic E-state index is 12.8. The molecule has 1 unspecified atom stereocenters. The molecule has 0 saturated carbocycles. The van der Waals surface area contributed by atoms with E-state index in [9.17, 15) is 22.0 Å². The van der Waals surface area contributed by atoms with Gasteiger partial charge in [0.05, 0.1) is 6.04 Å². The number of ether oxygens (including phenoxy) is 1. The Kier molecular flexibility index (Phi) is 6.19. The van der Waals surface area contributed by atoms with Crippen LogP contribution in [0.2, 0.25) is 0 Å². The average molecular weight is 297 g/mol. The number of hydrogen-bond acceptors (Lipinski definition) is 2. The van der Waals surface area contributed by atoms with E-state index in [0.717, 1.165) is 18.6 Å². The Bertz CT molecular complexity index is 391. The normalized spacial score (nSPS) is 13.6. The molecule has 0 radical (unpaired) electrons. The lowest BCUT2D eigenvalue weighted by Crippen LogP contribution is -2.37. The molecule has 0 aliphatic rings. The van der Waals surface area contributed by atoms with Crippen molar-refractivity contribution in [3.63, 3.8) is 0 Å². The molecule has 1 atom stereocenters. The molecule has 0 aliphatic heterocycles. The van der Waals surface area contributed by atoms with Gasteiger partial charge in [-0.05, 0) is 37.1 Å². The molecular formula is C13H16F5NO. The first-order valence-corrected chi connectivity index (χ1v) is 6.18. The van der Waals surface area contributed by atoms with Crippen LogP contribution in [0, 0.1) is 0 Å². The summed E-state index contributed by atoms with van der Waals surface area (Å²) in [5.41, 5.74) is 0.522. The van der Waals surface area contributed by atoms with Gasteiger partial charge < -0.3 is 10.1 Å². The second kappa shape index (κ2) is 7.42. The highest BCUT2D eigenvalue weighted by Crippen LogP contribution is 2.23. The molecule has 1 aromatic carbocycles. The van der Waals surface area contributed by atoms with E-state index < -0.39 is 18.8 Å². The highest BCUT2D eigenvalue weighted by molar-refractivity contribution is 5.28. The smallest absolute Gasteiger partial charge is 0.406 e. The predicted molar refractivity (Wildman–Crippen MR) is 64.9 cm³/mol. The summed E-state index contributed by atoms with van der Waals surface area (Å²) in [6.07, 6.45) is -6.52. The van der Waals surface area contributed by atoms with Crippen molar-refractivity contribution in [2.75, 3.05) is 6.54 Å². The zero-order chi connectivity index (χ0) is 15.2. The van der Waals surface area contributed by atoms with Crippen molar-refractivity contribution in [1.82, 2.24) is 5.32 Å². The van der Waals surface area contributed by atoms with Crippen LogP contribution in [-0.2, 0) is 6.42 Å². The number of benzene rings is 1. The van der Waals surface area contributed by atoms with Crippen molar-refractivity contribution in [3.05, 3.63) is 29.8 Å². The van der Waals surface area contributed by atoms with Crippen LogP contribution in [-0.4, -0.2) is 25.4 Å². The second-order valence-electron chi connectivity index (χ2n) is 4.29. The van der Waals surface area contributed by atoms with Gasteiger partial charge in [-0.1, -0.05) is 19.1 Å². The molecule has 20 heavy (non-hydrogen) atoms. The molecule has 0 aromatic heterocycles. The monoisotopic (exact) mass is 297 g/mol. The quantitative estimate of drug-likeness (QED) is 0.774. The summed E-state index contributed by atoms with van der Waals surface area (Å²) in [6, 6.07) is 3.93. The SMILES string of the molecule is CCCNC(Cc1ccc(OC(F)(F)F)cc1)C(F)F. The van der Waals surface area contributed by atoms with Gasteiger partial charge in [-0.2, -0.15) is 0 Å². The van der Waals surface area contributed by atoms with Crippen molar-refractivity contribution in [2.24, 2.45) is 0 Å². The van der Waals surface area contributed by atoms with Gasteiger partial charge in [0, 0.05) is 0 Å². The van der Waals surface area contributed by atoms with Crippen molar-refractivity contribution in [1.29, 1.82) is 0 Å². The van der Waals surface area contributed by atoms with E-state index in [1.807, 2.05) is 6.92 Å². The van der Waals surface area contributed by atoms with E-state index in [4.69, 9.17) is 0 Å². The van der Waals surface area contributed by atoms with Gasteiger partial charge >= 0.3 is 6.36 Å². The minimum atomic E-state index is -4.75. The maximum Gasteiger partial charge on any atom is 0.573 e. The van der Waals surface area contributed by atoms with Crippen LogP contribution in [0.5, 0.6) is 5.75 Å². The van der Waals surface area contributed by atoms with Crippen LogP contribution in [0.4, 0.5) is 22.0 Å². The van der Waals surface area contributed by atoms with Gasteiger partial charge in [0.25, 0.3) is 6.43 Å². The van der Waals surface area contributed by atoms with Crippen molar-refractivity contribution >= 4 is 0 Å². The lowest BCUT2D eigenvalue weighted by atomic mass is 10.1. The van der Waals surface area contributed by atoms with Crippen LogP contribution in [0.25, 0.3) is 0 Å². The summed E-state index contributed by atoms with van der Waals surface area (Å²) in [6.45, 7) is 2.32. The van der Waals surface area contributed by atoms with Crippen LogP contribution in [0.3, 0.4) is 0 Å². The highest BCUT2D eigenvalue weighted by atomic mass is 19.4. The minimum absolute atomic E-state index is 0.0456. The third-order valence-electron chi connectivity index (χ3n) is 2.57. The summed E-state index contributed by atoms with van der Waals surface area (Å²) >= 11 is 0. The first kappa shape index (κ1) is 16.7. The van der Waals surface area contributed by atoms with Crippen molar-refractivity contribution in [3.8, 4) is 5.75 Å². The zero-order valence-electron chi connectivity index (χ0n) is 10.9. The molecule has 0 heterocycles. The predicted octanol–water partition coefficient (Wildman–Crippen LogP) is 3.76. The molecule has 1 N–H and O–H groups in total. The van der Waals surface area contributed by atoms with E-state index in [0.29, 0.717) is 12.1 Å². The van der Waals surface area contributed by atoms with Gasteiger partial charge in [0.15, 0.2) is 0 Å². The maximum absolute atomic E-state index is 12.8. The number of nitrogens with one attached hydrogen (secondary N) is 1. The summed E-state index contributed by atoms with van der Waals surface area (Å²) in [7, 11) is 0. The lowest BCUT2D eigenvalue weighted by molar-refractivity contribution is -0.274. The van der Waals surface area contributed by atoms with E-state index in [-0.39, 0.29) is 12.2 Å². The summed E-state index contributed by atoms with van der Waals surface area (Å²) in [5.74, 6) is -0.364. The molecule has 2 nitrogen and oxygen atoms in total. The van der Waals surface area contributed by atoms with E-state index in [1.165, 1.54) is 12.1 Å². The molecule has 0 bridgehead atoms. The molecule has 1 aromatic rings. The molecule has 0 fully saturated rings. The highest BCUT2D eigenvalue weighted by Gasteiger charge is 2.31. The topological polar surface area (TPSA) is 21.3 Å². The third kappa shape index (κ3) is 6.18. The van der Waals surface area contributed by atoms with Crippen LogP contribution in [0.1, 0.15) is 18.9 Å². The summed E-state index contributed by atoms with van der Waals surface area (Å²) in [5, 5.41) is 2.71. The number of hydrogen-bond donors (Lipinski definition) is 1. The number of halogens is 5. The van der Waals surface area contributed by atoms with E-state index >= 15 is 0 Å². The molecule has 7 heteroatoms. The number of alkyl halides is 5. The van der Waals surface area contributed by atoms with Crippen LogP contribution >= 0.6 is 0 Å². The Hall–Kier alpha value is -1.37. The average Bonchev–Trinajstić information content (AvgIpc) is 2.34. The fourth-order valence-electron chi connectivity index (χ4n) is 1.66. The molecular weight excluding hydrogens is 281 g/mol. The van der Waals surface area contributed by atoms with Gasteiger partial charge in [-0.3, -0.25) is 0 Å². The van der Waals surface area contributed by atoms with Gasteiger partial charge in [0.1, 0.15) is 5.75 Å². The lowest BCUT2D eigenvalue weighted by Gasteiger charge is -2.17. The standard InChI is InChI=1S/C13H16F5NO/c1-2-7-19-11(12(14)15)8-9-3-5-10(6-4-9)20-13(16,17)18/h3-6,11-12,19H,2,7-8H2,1H3. The molecule has 114 valence electrons. The Balaban J connectivity index is 2.63. The van der Waals surface area contributed by atoms with E-state index in [1.54, 1.807) is 0 Å². The van der Waals surface area contributed by atoms with Gasteiger partial charge in [0.2, 0.25) is 0 Å². The zero-order valence-corrected chi connectivity index (χ0v) is 10.9. The minimum Gasteiger partial charge on any atom is -0.406 e. The van der Waals surface area contributed by atoms with Crippen LogP contribution < -0.4 is 10.1 Å². The fraction of sp³-hybridized carbons (Fsp3) is 0.538. The summed E-state index contributed by atoms with van der Waals surface area (Å²) in [4.78, 5) is 0. The largest absolute Gasteiger partial charge is 0.573 e. The Morgan fingerprint density at radius 2 is 1.75 bits per heavy atom. The van der Waals surface area contributed by atoms with Crippen molar-refractivity contribution in [2.45, 2.75) is 38.6 Å². The van der Waals surface area contributed by atoms with Gasteiger partial charge in [-0.15, -0.1) is 13.2 Å². The fourth-order valence-corrected chi connectivity index (χ4v) is 1.66. The molecule has 1 rings (SSSR count). The van der Waals surface area contributed by atoms with Crippen LogP contribution in [0.15, 0.2) is 24.3 Å². The Morgan fingerprint density at radius 1 is 1.15 bits per heavy atom. The third-order valence-corrected chi connectivity index (χ3v) is 2.57. The first-order chi connectivity index (χ1) is 9.31. The first-order valence-electron chi connectivity index (χ1n) is 6.18. The second-order valence-corrected chi connectivity index (χ2v) is 4.29. The molecule has 0 saturated heterocycles. The van der Waals surface area contributed by atoms with Crippen molar-refractivity contribution < 1.29 is 26.7 Å². The van der Waals surface area contributed by atoms with E-state index in [2.05, 4.69) is 10.1 Å². The molecule has 0 aliphatic carbocycles. The summed E-state index contributed by atoms with van der Waals surface area (Å²) < 4.78 is 65.2.